The van der Waals surface area contributed by atoms with Gasteiger partial charge in [0.15, 0.2) is 0 Å². The van der Waals surface area contributed by atoms with Gasteiger partial charge in [-0.2, -0.15) is 0 Å². The first-order valence-electron chi connectivity index (χ1n) is 18.0. The van der Waals surface area contributed by atoms with Gasteiger partial charge in [0.25, 0.3) is 0 Å². The molecule has 2 heterocycles. The number of aromatic nitrogens is 1. The van der Waals surface area contributed by atoms with Crippen molar-refractivity contribution in [2.24, 2.45) is 0 Å². The topological polar surface area (TPSA) is 64.1 Å². The molecule has 0 spiro atoms. The van der Waals surface area contributed by atoms with Crippen molar-refractivity contribution >= 4 is 30.0 Å². The second-order valence-corrected chi connectivity index (χ2v) is 13.5. The molecule has 0 aliphatic carbocycles. The molecule has 0 saturated carbocycles. The van der Waals surface area contributed by atoms with Gasteiger partial charge in [0.05, 0.1) is 6.20 Å². The van der Waals surface area contributed by atoms with Gasteiger partial charge in [0, 0.05) is 44.9 Å². The third-order valence-electron chi connectivity index (χ3n) is 9.30. The molecule has 9 heteroatoms. The molecule has 1 aromatic heterocycles. The van der Waals surface area contributed by atoms with Crippen LogP contribution in [0.25, 0.3) is 11.6 Å². The molecule has 1 aliphatic heterocycles. The third kappa shape index (κ3) is 11.3. The van der Waals surface area contributed by atoms with E-state index < -0.39 is 0 Å². The minimum atomic E-state index is -0.278. The van der Waals surface area contributed by atoms with Crippen LogP contribution < -0.4 is 14.2 Å². The highest BCUT2D eigenvalue weighted by Crippen LogP contribution is 2.30. The Morgan fingerprint density at radius 1 is 0.796 bits per heavy atom. The zero-order chi connectivity index (χ0) is 37.2. The summed E-state index contributed by atoms with van der Waals surface area (Å²) in [6, 6.07) is 30.6. The van der Waals surface area contributed by atoms with E-state index in [1.807, 2.05) is 49.1 Å². The quantitative estimate of drug-likeness (QED) is 0.112. The average Bonchev–Trinajstić information content (AvgIpc) is 3.17. The molecule has 280 valence electrons. The molecule has 0 N–H and O–H groups in total. The van der Waals surface area contributed by atoms with E-state index in [0.717, 1.165) is 53.4 Å². The van der Waals surface area contributed by atoms with E-state index in [0.29, 0.717) is 37.9 Å². The monoisotopic (exact) mass is 747 g/mol. The van der Waals surface area contributed by atoms with E-state index in [2.05, 4.69) is 66.2 Å². The fraction of sp³-hybridized carbons (Fsp3) is 0.244. The highest BCUT2D eigenvalue weighted by molar-refractivity contribution is 5.92. The highest BCUT2D eigenvalue weighted by atomic mass is 35.5. The van der Waals surface area contributed by atoms with Crippen LogP contribution in [0.3, 0.4) is 0 Å². The van der Waals surface area contributed by atoms with E-state index in [9.17, 15) is 9.18 Å². The van der Waals surface area contributed by atoms with Gasteiger partial charge >= 0.3 is 0 Å². The SMILES string of the molecule is CC(=CCOc1ccc(C)cc1)c1ccc(CN2CCN(C(=O)C=Cc3cc(C)c(Oc4ccc(OCc5ccc(F)cc5)cn4)c(C)c3)CC2)cc1.Cl. The van der Waals surface area contributed by atoms with Gasteiger partial charge in [-0.15, -0.1) is 12.4 Å². The smallest absolute Gasteiger partial charge is 0.246 e. The minimum Gasteiger partial charge on any atom is -0.490 e. The number of carbonyl (C=O) groups excluding carboxylic acids is 1. The van der Waals surface area contributed by atoms with Crippen molar-refractivity contribution in [3.05, 3.63) is 160 Å². The van der Waals surface area contributed by atoms with Crippen LogP contribution in [0, 0.1) is 26.6 Å². The molecule has 1 amide bonds. The Balaban J connectivity index is 0.00000561. The Bertz CT molecular complexity index is 2020. The number of rotatable bonds is 13. The van der Waals surface area contributed by atoms with Crippen molar-refractivity contribution in [3.63, 3.8) is 0 Å². The predicted molar refractivity (Wildman–Crippen MR) is 216 cm³/mol. The first kappa shape index (κ1) is 39.8. The van der Waals surface area contributed by atoms with Crippen LogP contribution in [-0.4, -0.2) is 53.5 Å². The molecule has 7 nitrogen and oxygen atoms in total. The Kier molecular flexibility index (Phi) is 14.0. The van der Waals surface area contributed by atoms with Crippen molar-refractivity contribution in [3.8, 4) is 23.1 Å². The molecule has 0 radical (unpaired) electrons. The van der Waals surface area contributed by atoms with Crippen LogP contribution in [0.4, 0.5) is 4.39 Å². The van der Waals surface area contributed by atoms with Gasteiger partial charge in [0.2, 0.25) is 11.8 Å². The highest BCUT2D eigenvalue weighted by Gasteiger charge is 2.20. The number of halogens is 2. The minimum absolute atomic E-state index is 0. The van der Waals surface area contributed by atoms with E-state index in [1.165, 1.54) is 34.4 Å². The summed E-state index contributed by atoms with van der Waals surface area (Å²) < 4.78 is 30.9. The molecule has 1 aliphatic rings. The Morgan fingerprint density at radius 2 is 1.44 bits per heavy atom. The fourth-order valence-electron chi connectivity index (χ4n) is 6.15. The number of aryl methyl sites for hydroxylation is 3. The second kappa shape index (κ2) is 19.1. The lowest BCUT2D eigenvalue weighted by Gasteiger charge is -2.34. The van der Waals surface area contributed by atoms with Gasteiger partial charge in [-0.05, 0) is 121 Å². The Morgan fingerprint density at radius 3 is 2.09 bits per heavy atom. The molecular weight excluding hydrogens is 701 g/mol. The van der Waals surface area contributed by atoms with Crippen LogP contribution >= 0.6 is 12.4 Å². The second-order valence-electron chi connectivity index (χ2n) is 13.5. The zero-order valence-corrected chi connectivity index (χ0v) is 32.1. The molecule has 5 aromatic rings. The van der Waals surface area contributed by atoms with Gasteiger partial charge in [-0.25, -0.2) is 9.37 Å². The number of carbonyl (C=O) groups is 1. The molecule has 4 aromatic carbocycles. The Hall–Kier alpha value is -5.44. The largest absolute Gasteiger partial charge is 0.490 e. The zero-order valence-electron chi connectivity index (χ0n) is 31.3. The number of hydrogen-bond donors (Lipinski definition) is 0. The normalized spacial score (nSPS) is 13.4. The number of allylic oxidation sites excluding steroid dienone is 1. The van der Waals surface area contributed by atoms with E-state index in [4.69, 9.17) is 14.2 Å². The lowest BCUT2D eigenvalue weighted by Crippen LogP contribution is -2.47. The fourth-order valence-corrected chi connectivity index (χ4v) is 6.15. The summed E-state index contributed by atoms with van der Waals surface area (Å²) in [6.45, 7) is 12.9. The van der Waals surface area contributed by atoms with Gasteiger partial charge in [-0.1, -0.05) is 54.1 Å². The third-order valence-corrected chi connectivity index (χ3v) is 9.30. The standard InChI is InChI=1S/C45H46FN3O4.ClH/c1-32-5-16-41(17-6-32)51-26-21-33(2)39-12-7-36(8-13-39)30-48-22-24-49(25-23-48)44(50)20-11-38-27-34(3)45(35(4)28-38)53-43-19-18-42(29-47-43)52-31-37-9-14-40(46)15-10-37;/h5-21,27-29H,22-26,30-31H2,1-4H3;1H. The molecule has 1 fully saturated rings. The number of nitrogens with zero attached hydrogens (tertiary/aromatic N) is 3. The molecule has 0 unspecified atom stereocenters. The van der Waals surface area contributed by atoms with Crippen LogP contribution in [0.2, 0.25) is 0 Å². The first-order valence-corrected chi connectivity index (χ1v) is 18.0. The summed E-state index contributed by atoms with van der Waals surface area (Å²) in [5.74, 6) is 2.38. The summed E-state index contributed by atoms with van der Waals surface area (Å²) in [6.07, 6.45) is 7.25. The number of piperazine rings is 1. The van der Waals surface area contributed by atoms with Gasteiger partial charge < -0.3 is 19.1 Å². The average molecular weight is 748 g/mol. The molecule has 0 bridgehead atoms. The first-order chi connectivity index (χ1) is 25.7. The summed E-state index contributed by atoms with van der Waals surface area (Å²) in [5, 5.41) is 0. The molecule has 1 saturated heterocycles. The van der Waals surface area contributed by atoms with Crippen molar-refractivity contribution in [2.45, 2.75) is 40.8 Å². The summed E-state index contributed by atoms with van der Waals surface area (Å²) >= 11 is 0. The van der Waals surface area contributed by atoms with Crippen molar-refractivity contribution in [1.82, 2.24) is 14.8 Å². The van der Waals surface area contributed by atoms with E-state index in [-0.39, 0.29) is 24.1 Å². The number of amides is 1. The molecular formula is C45H47ClFN3O4. The summed E-state index contributed by atoms with van der Waals surface area (Å²) in [5.41, 5.74) is 8.53. The maximum absolute atomic E-state index is 13.1. The number of benzene rings is 4. The lowest BCUT2D eigenvalue weighted by molar-refractivity contribution is -0.127. The van der Waals surface area contributed by atoms with Crippen LogP contribution in [0.15, 0.2) is 115 Å². The van der Waals surface area contributed by atoms with Crippen LogP contribution in [0.1, 0.15) is 45.9 Å². The maximum atomic E-state index is 13.1. The molecule has 54 heavy (non-hydrogen) atoms. The van der Waals surface area contributed by atoms with Crippen molar-refractivity contribution in [2.75, 3.05) is 32.8 Å². The van der Waals surface area contributed by atoms with E-state index >= 15 is 0 Å². The molecule has 0 atom stereocenters. The van der Waals surface area contributed by atoms with Gasteiger partial charge in [0.1, 0.15) is 36.3 Å². The van der Waals surface area contributed by atoms with Crippen LogP contribution in [-0.2, 0) is 17.9 Å². The number of pyridine rings is 1. The maximum Gasteiger partial charge on any atom is 0.246 e. The lowest BCUT2D eigenvalue weighted by atomic mass is 10.0. The summed E-state index contributed by atoms with van der Waals surface area (Å²) in [7, 11) is 0. The molecule has 6 rings (SSSR count). The van der Waals surface area contributed by atoms with Crippen LogP contribution in [0.5, 0.6) is 23.1 Å². The Labute approximate surface area is 324 Å². The van der Waals surface area contributed by atoms with Crippen molar-refractivity contribution < 1.29 is 23.4 Å². The van der Waals surface area contributed by atoms with Gasteiger partial charge in [-0.3, -0.25) is 9.69 Å². The predicted octanol–water partition coefficient (Wildman–Crippen LogP) is 9.78. The van der Waals surface area contributed by atoms with E-state index in [1.54, 1.807) is 36.5 Å². The summed E-state index contributed by atoms with van der Waals surface area (Å²) in [4.78, 5) is 21.8. The number of ether oxygens (including phenoxy) is 3. The van der Waals surface area contributed by atoms with Crippen molar-refractivity contribution in [1.29, 1.82) is 0 Å². The number of hydrogen-bond acceptors (Lipinski definition) is 6.